The van der Waals surface area contributed by atoms with Crippen LogP contribution in [0.2, 0.25) is 0 Å². The predicted octanol–water partition coefficient (Wildman–Crippen LogP) is 5.96. The molecule has 0 bridgehead atoms. The molecular weight excluding hydrogens is 422 g/mol. The molecule has 1 N–H and O–H groups in total. The Bertz CT molecular complexity index is 1030. The fraction of sp³-hybridized carbons (Fsp3) is 0.400. The number of aliphatic hydroxyl groups is 1. The number of likely N-dealkylation sites (tertiary alicyclic amines) is 1. The van der Waals surface area contributed by atoms with E-state index in [0.29, 0.717) is 0 Å². The Labute approximate surface area is 203 Å². The highest BCUT2D eigenvalue weighted by Crippen LogP contribution is 2.48. The molecule has 4 nitrogen and oxygen atoms in total. The smallest absolute Gasteiger partial charge is 0.205 e. The van der Waals surface area contributed by atoms with Crippen molar-refractivity contribution in [2.75, 3.05) is 26.2 Å². The van der Waals surface area contributed by atoms with Gasteiger partial charge in [0.2, 0.25) is 6.29 Å². The first-order chi connectivity index (χ1) is 16.8. The molecule has 2 aliphatic rings. The maximum Gasteiger partial charge on any atom is 0.205 e. The van der Waals surface area contributed by atoms with Gasteiger partial charge in [0.25, 0.3) is 0 Å². The van der Waals surface area contributed by atoms with Crippen LogP contribution in [-0.4, -0.2) is 42.5 Å². The van der Waals surface area contributed by atoms with Gasteiger partial charge in [0, 0.05) is 11.5 Å². The first-order valence-electron chi connectivity index (χ1n) is 12.7. The van der Waals surface area contributed by atoms with Crippen molar-refractivity contribution >= 4 is 0 Å². The van der Waals surface area contributed by atoms with Gasteiger partial charge in [-0.15, -0.1) is 0 Å². The molecule has 1 saturated heterocycles. The summed E-state index contributed by atoms with van der Waals surface area (Å²) in [5.41, 5.74) is 3.33. The average molecular weight is 458 g/mol. The van der Waals surface area contributed by atoms with Crippen LogP contribution < -0.4 is 9.47 Å². The number of hydrogen-bond acceptors (Lipinski definition) is 4. The minimum Gasteiger partial charge on any atom is -0.494 e. The van der Waals surface area contributed by atoms with Crippen molar-refractivity contribution in [3.63, 3.8) is 0 Å². The number of nitrogens with zero attached hydrogens (tertiary/aromatic N) is 1. The van der Waals surface area contributed by atoms with E-state index in [-0.39, 0.29) is 11.8 Å². The Morgan fingerprint density at radius 3 is 2.32 bits per heavy atom. The number of unbranched alkanes of at least 4 members (excludes halogenated alkanes) is 1. The standard InChI is InChI=1S/C30H35NO3/c32-30-29(23-11-3-1-4-12-23)28(26-13-5-6-14-27(26)34-30)24-15-17-25(18-16-24)33-22-10-9-21-31-19-7-2-8-20-31/h1,3-6,11-18,28-30,32H,2,7-10,19-22H2. The number of ether oxygens (including phenoxy) is 2. The molecule has 0 amide bonds. The second-order valence-electron chi connectivity index (χ2n) is 9.49. The lowest BCUT2D eigenvalue weighted by Gasteiger charge is -2.37. The van der Waals surface area contributed by atoms with Gasteiger partial charge in [0.15, 0.2) is 0 Å². The van der Waals surface area contributed by atoms with Gasteiger partial charge in [0.1, 0.15) is 11.5 Å². The SMILES string of the molecule is OC1Oc2ccccc2C(c2ccc(OCCCCN3CCCCC3)cc2)C1c1ccccc1. The predicted molar refractivity (Wildman–Crippen MR) is 136 cm³/mol. The molecule has 1 fully saturated rings. The summed E-state index contributed by atoms with van der Waals surface area (Å²) in [7, 11) is 0. The average Bonchev–Trinajstić information content (AvgIpc) is 2.89. The molecule has 0 radical (unpaired) electrons. The van der Waals surface area contributed by atoms with Crippen LogP contribution in [0.1, 0.15) is 60.6 Å². The largest absolute Gasteiger partial charge is 0.494 e. The van der Waals surface area contributed by atoms with Crippen LogP contribution in [0, 0.1) is 0 Å². The van der Waals surface area contributed by atoms with E-state index >= 15 is 0 Å². The van der Waals surface area contributed by atoms with E-state index in [2.05, 4.69) is 47.4 Å². The van der Waals surface area contributed by atoms with E-state index in [9.17, 15) is 5.11 Å². The number of rotatable bonds is 8. The normalized spacial score (nSPS) is 22.6. The number of aliphatic hydroxyl groups excluding tert-OH is 1. The van der Waals surface area contributed by atoms with Crippen molar-refractivity contribution in [3.05, 3.63) is 95.6 Å². The third-order valence-corrected chi connectivity index (χ3v) is 7.18. The molecule has 5 rings (SSSR count). The third-order valence-electron chi connectivity index (χ3n) is 7.18. The summed E-state index contributed by atoms with van der Waals surface area (Å²) in [5, 5.41) is 11.0. The van der Waals surface area contributed by atoms with Crippen LogP contribution in [0.25, 0.3) is 0 Å². The number of hydrogen-bond donors (Lipinski definition) is 1. The summed E-state index contributed by atoms with van der Waals surface area (Å²) in [4.78, 5) is 2.58. The lowest BCUT2D eigenvalue weighted by atomic mass is 9.75. The summed E-state index contributed by atoms with van der Waals surface area (Å²) in [5.74, 6) is 1.47. The molecule has 0 aliphatic carbocycles. The molecule has 0 saturated carbocycles. The molecule has 0 spiro atoms. The minimum absolute atomic E-state index is 0.000873. The molecule has 3 aromatic carbocycles. The summed E-state index contributed by atoms with van der Waals surface area (Å²) in [6.45, 7) is 4.46. The summed E-state index contributed by atoms with van der Waals surface area (Å²) in [6.07, 6.45) is 5.45. The van der Waals surface area contributed by atoms with Gasteiger partial charge < -0.3 is 19.5 Å². The molecule has 3 atom stereocenters. The molecule has 178 valence electrons. The van der Waals surface area contributed by atoms with Crippen LogP contribution in [0.5, 0.6) is 11.5 Å². The highest BCUT2D eigenvalue weighted by molar-refractivity contribution is 5.48. The second kappa shape index (κ2) is 11.1. The Morgan fingerprint density at radius 1 is 0.794 bits per heavy atom. The molecule has 34 heavy (non-hydrogen) atoms. The topological polar surface area (TPSA) is 41.9 Å². The Kier molecular flexibility index (Phi) is 7.47. The molecule has 2 aliphatic heterocycles. The van der Waals surface area contributed by atoms with E-state index in [1.807, 2.05) is 36.4 Å². The quantitative estimate of drug-likeness (QED) is 0.424. The van der Waals surface area contributed by atoms with Gasteiger partial charge in [-0.2, -0.15) is 0 Å². The minimum atomic E-state index is -0.905. The maximum absolute atomic E-state index is 11.0. The lowest BCUT2D eigenvalue weighted by molar-refractivity contribution is -0.0530. The van der Waals surface area contributed by atoms with Gasteiger partial charge in [-0.1, -0.05) is 67.1 Å². The van der Waals surface area contributed by atoms with Crippen LogP contribution in [0.3, 0.4) is 0 Å². The van der Waals surface area contributed by atoms with Gasteiger partial charge in [-0.3, -0.25) is 0 Å². The highest BCUT2D eigenvalue weighted by atomic mass is 16.6. The zero-order valence-corrected chi connectivity index (χ0v) is 19.8. The van der Waals surface area contributed by atoms with Crippen molar-refractivity contribution in [2.24, 2.45) is 0 Å². The fourth-order valence-electron chi connectivity index (χ4n) is 5.41. The lowest BCUT2D eigenvalue weighted by Crippen LogP contribution is -2.34. The maximum atomic E-state index is 11.0. The monoisotopic (exact) mass is 457 g/mol. The van der Waals surface area contributed by atoms with Crippen molar-refractivity contribution in [1.82, 2.24) is 4.90 Å². The van der Waals surface area contributed by atoms with Crippen molar-refractivity contribution < 1.29 is 14.6 Å². The Hall–Kier alpha value is -2.82. The van der Waals surface area contributed by atoms with Crippen molar-refractivity contribution in [1.29, 1.82) is 0 Å². The van der Waals surface area contributed by atoms with Gasteiger partial charge in [0.05, 0.1) is 12.5 Å². The van der Waals surface area contributed by atoms with E-state index in [0.717, 1.165) is 41.2 Å². The Morgan fingerprint density at radius 2 is 1.53 bits per heavy atom. The zero-order valence-electron chi connectivity index (χ0n) is 19.8. The van der Waals surface area contributed by atoms with Crippen molar-refractivity contribution in [2.45, 2.75) is 50.2 Å². The molecule has 4 heteroatoms. The van der Waals surface area contributed by atoms with Crippen LogP contribution in [0.15, 0.2) is 78.9 Å². The molecular formula is C30H35NO3. The van der Waals surface area contributed by atoms with Crippen LogP contribution in [-0.2, 0) is 0 Å². The Balaban J connectivity index is 1.26. The van der Waals surface area contributed by atoms with E-state index in [1.165, 1.54) is 45.3 Å². The fourth-order valence-corrected chi connectivity index (χ4v) is 5.41. The first-order valence-corrected chi connectivity index (χ1v) is 12.7. The van der Waals surface area contributed by atoms with E-state index < -0.39 is 6.29 Å². The number of fused-ring (bicyclic) bond motifs is 1. The van der Waals surface area contributed by atoms with E-state index in [1.54, 1.807) is 0 Å². The van der Waals surface area contributed by atoms with E-state index in [4.69, 9.17) is 9.47 Å². The van der Waals surface area contributed by atoms with Gasteiger partial charge in [-0.05, 0) is 74.6 Å². The van der Waals surface area contributed by atoms with Gasteiger partial charge in [-0.25, -0.2) is 0 Å². The highest BCUT2D eigenvalue weighted by Gasteiger charge is 2.39. The number of benzene rings is 3. The molecule has 3 unspecified atom stereocenters. The van der Waals surface area contributed by atoms with Crippen LogP contribution >= 0.6 is 0 Å². The third kappa shape index (κ3) is 5.29. The number of para-hydroxylation sites is 1. The summed E-state index contributed by atoms with van der Waals surface area (Å²) in [6, 6.07) is 26.6. The second-order valence-corrected chi connectivity index (χ2v) is 9.49. The summed E-state index contributed by atoms with van der Waals surface area (Å²) >= 11 is 0. The van der Waals surface area contributed by atoms with Crippen LogP contribution in [0.4, 0.5) is 0 Å². The molecule has 3 aromatic rings. The molecule has 2 heterocycles. The zero-order chi connectivity index (χ0) is 23.2. The summed E-state index contributed by atoms with van der Waals surface area (Å²) < 4.78 is 12.0. The van der Waals surface area contributed by atoms with Gasteiger partial charge >= 0.3 is 0 Å². The molecule has 0 aromatic heterocycles. The number of piperidine rings is 1. The first kappa shape index (κ1) is 22.9. The van der Waals surface area contributed by atoms with Crippen molar-refractivity contribution in [3.8, 4) is 11.5 Å².